The van der Waals surface area contributed by atoms with Gasteiger partial charge in [0.25, 0.3) is 0 Å². The molecule has 1 nitrogen and oxygen atoms in total. The average Bonchev–Trinajstić information content (AvgIpc) is 2.09. The lowest BCUT2D eigenvalue weighted by molar-refractivity contribution is 0.576. The van der Waals surface area contributed by atoms with Gasteiger partial charge in [0.05, 0.1) is 5.04 Å². The summed E-state index contributed by atoms with van der Waals surface area (Å²) >= 11 is 1.26. The van der Waals surface area contributed by atoms with Crippen LogP contribution in [0.5, 0.6) is 0 Å². The van der Waals surface area contributed by atoms with Gasteiger partial charge >= 0.3 is 0 Å². The first-order valence-corrected chi connectivity index (χ1v) is 4.91. The predicted molar refractivity (Wildman–Crippen MR) is 51.3 cm³/mol. The van der Waals surface area contributed by atoms with Crippen LogP contribution in [0.1, 0.15) is 5.56 Å². The summed E-state index contributed by atoms with van der Waals surface area (Å²) in [5.74, 6) is -1.17. The zero-order valence-corrected chi connectivity index (χ0v) is 7.92. The molecule has 13 heavy (non-hydrogen) atoms. The molecule has 0 saturated heterocycles. The maximum atomic E-state index is 13.0. The van der Waals surface area contributed by atoms with Gasteiger partial charge in [-0.15, -0.1) is 11.8 Å². The average molecular weight is 201 g/mol. The van der Waals surface area contributed by atoms with Gasteiger partial charge in [0, 0.05) is 12.5 Å². The second-order valence-electron chi connectivity index (χ2n) is 2.54. The van der Waals surface area contributed by atoms with E-state index in [4.69, 9.17) is 5.41 Å². The summed E-state index contributed by atoms with van der Waals surface area (Å²) in [6.45, 7) is 0. The van der Waals surface area contributed by atoms with Crippen LogP contribution in [0.15, 0.2) is 18.2 Å². The summed E-state index contributed by atoms with van der Waals surface area (Å²) in [6.07, 6.45) is 1.98. The Morgan fingerprint density at radius 1 is 1.46 bits per heavy atom. The molecular formula is C9H9F2NS. The van der Waals surface area contributed by atoms with Crippen molar-refractivity contribution in [2.45, 2.75) is 6.42 Å². The first-order chi connectivity index (χ1) is 6.13. The maximum Gasteiger partial charge on any atom is 0.129 e. The first-order valence-electron chi connectivity index (χ1n) is 3.69. The third-order valence-corrected chi connectivity index (χ3v) is 2.25. The van der Waals surface area contributed by atoms with Crippen molar-refractivity contribution in [2.24, 2.45) is 0 Å². The molecule has 0 aliphatic heterocycles. The quantitative estimate of drug-likeness (QED) is 0.577. The van der Waals surface area contributed by atoms with Crippen molar-refractivity contribution < 1.29 is 8.78 Å². The predicted octanol–water partition coefficient (Wildman–Crippen LogP) is 2.85. The number of rotatable bonds is 2. The molecule has 1 aromatic rings. The Bertz CT molecular complexity index is 325. The standard InChI is InChI=1S/C9H9F2NS/c1-13-9(12)4-6-2-3-7(10)5-8(6)11/h2-3,5,12H,4H2,1H3. The van der Waals surface area contributed by atoms with E-state index in [1.807, 2.05) is 0 Å². The second kappa shape index (κ2) is 4.37. The molecule has 1 aromatic carbocycles. The highest BCUT2D eigenvalue weighted by atomic mass is 32.2. The molecule has 0 saturated carbocycles. The van der Waals surface area contributed by atoms with E-state index in [2.05, 4.69) is 0 Å². The van der Waals surface area contributed by atoms with Crippen molar-refractivity contribution in [2.75, 3.05) is 6.26 Å². The molecule has 4 heteroatoms. The SMILES string of the molecule is CSC(=N)Cc1ccc(F)cc1F. The molecule has 0 atom stereocenters. The van der Waals surface area contributed by atoms with E-state index in [-0.39, 0.29) is 6.42 Å². The molecule has 0 aromatic heterocycles. The summed E-state index contributed by atoms with van der Waals surface area (Å²) in [6, 6.07) is 3.41. The molecule has 1 N–H and O–H groups in total. The summed E-state index contributed by atoms with van der Waals surface area (Å²) in [5.41, 5.74) is 0.362. The van der Waals surface area contributed by atoms with E-state index in [0.29, 0.717) is 10.6 Å². The number of benzene rings is 1. The van der Waals surface area contributed by atoms with Crippen molar-refractivity contribution in [3.05, 3.63) is 35.4 Å². The Balaban J connectivity index is 2.83. The maximum absolute atomic E-state index is 13.0. The number of thioether (sulfide) groups is 1. The molecule has 70 valence electrons. The minimum Gasteiger partial charge on any atom is -0.298 e. The van der Waals surface area contributed by atoms with Gasteiger partial charge in [-0.3, -0.25) is 5.41 Å². The van der Waals surface area contributed by atoms with Crippen molar-refractivity contribution >= 4 is 16.8 Å². The topological polar surface area (TPSA) is 23.9 Å². The molecule has 0 fully saturated rings. The third kappa shape index (κ3) is 2.81. The fraction of sp³-hybridized carbons (Fsp3) is 0.222. The lowest BCUT2D eigenvalue weighted by atomic mass is 10.1. The van der Waals surface area contributed by atoms with Crippen molar-refractivity contribution in [3.8, 4) is 0 Å². The Kier molecular flexibility index (Phi) is 3.42. The lowest BCUT2D eigenvalue weighted by Crippen LogP contribution is -1.99. The molecule has 1 rings (SSSR count). The number of nitrogens with one attached hydrogen (secondary N) is 1. The van der Waals surface area contributed by atoms with Gasteiger partial charge in [-0.05, 0) is 17.9 Å². The van der Waals surface area contributed by atoms with Gasteiger partial charge in [-0.2, -0.15) is 0 Å². The van der Waals surface area contributed by atoms with Gasteiger partial charge in [0.2, 0.25) is 0 Å². The molecule has 0 bridgehead atoms. The lowest BCUT2D eigenvalue weighted by Gasteiger charge is -2.02. The minimum atomic E-state index is -0.586. The van der Waals surface area contributed by atoms with Gasteiger partial charge in [0.15, 0.2) is 0 Å². The number of hydrogen-bond acceptors (Lipinski definition) is 2. The molecule has 0 amide bonds. The summed E-state index contributed by atoms with van der Waals surface area (Å²) < 4.78 is 25.5. The number of hydrogen-bond donors (Lipinski definition) is 1. The van der Waals surface area contributed by atoms with E-state index in [0.717, 1.165) is 6.07 Å². The molecule has 0 unspecified atom stereocenters. The van der Waals surface area contributed by atoms with Gasteiger partial charge < -0.3 is 0 Å². The smallest absolute Gasteiger partial charge is 0.129 e. The van der Waals surface area contributed by atoms with Gasteiger partial charge in [-0.1, -0.05) is 6.07 Å². The third-order valence-electron chi connectivity index (χ3n) is 1.61. The molecule has 0 aliphatic rings. The van der Waals surface area contributed by atoms with Crippen LogP contribution < -0.4 is 0 Å². The van der Waals surface area contributed by atoms with Crippen LogP contribution in [0.3, 0.4) is 0 Å². The summed E-state index contributed by atoms with van der Waals surface area (Å²) in [4.78, 5) is 0. The Morgan fingerprint density at radius 3 is 2.69 bits per heavy atom. The van der Waals surface area contributed by atoms with Crippen LogP contribution in [0.2, 0.25) is 0 Å². The molecular weight excluding hydrogens is 192 g/mol. The Labute approximate surface area is 79.7 Å². The zero-order chi connectivity index (χ0) is 9.84. The minimum absolute atomic E-state index is 0.229. The Morgan fingerprint density at radius 2 is 2.15 bits per heavy atom. The summed E-state index contributed by atoms with van der Waals surface area (Å²) in [7, 11) is 0. The van der Waals surface area contributed by atoms with E-state index < -0.39 is 11.6 Å². The van der Waals surface area contributed by atoms with Crippen LogP contribution in [-0.4, -0.2) is 11.3 Å². The normalized spacial score (nSPS) is 10.1. The van der Waals surface area contributed by atoms with Crippen LogP contribution >= 0.6 is 11.8 Å². The van der Waals surface area contributed by atoms with Crippen LogP contribution in [0.4, 0.5) is 8.78 Å². The fourth-order valence-electron chi connectivity index (χ4n) is 0.910. The van der Waals surface area contributed by atoms with E-state index in [9.17, 15) is 8.78 Å². The van der Waals surface area contributed by atoms with Crippen molar-refractivity contribution in [1.29, 1.82) is 5.41 Å². The van der Waals surface area contributed by atoms with Gasteiger partial charge in [0.1, 0.15) is 11.6 Å². The zero-order valence-electron chi connectivity index (χ0n) is 7.10. The van der Waals surface area contributed by atoms with Crippen LogP contribution in [0.25, 0.3) is 0 Å². The first kappa shape index (κ1) is 10.2. The second-order valence-corrected chi connectivity index (χ2v) is 3.44. The summed E-state index contributed by atoms with van der Waals surface area (Å²) in [5, 5.41) is 7.69. The largest absolute Gasteiger partial charge is 0.298 e. The highest BCUT2D eigenvalue weighted by Crippen LogP contribution is 2.12. The van der Waals surface area contributed by atoms with E-state index in [1.54, 1.807) is 6.26 Å². The van der Waals surface area contributed by atoms with Crippen molar-refractivity contribution in [3.63, 3.8) is 0 Å². The van der Waals surface area contributed by atoms with E-state index >= 15 is 0 Å². The monoisotopic (exact) mass is 201 g/mol. The molecule has 0 heterocycles. The highest BCUT2D eigenvalue weighted by Gasteiger charge is 2.05. The van der Waals surface area contributed by atoms with Gasteiger partial charge in [-0.25, -0.2) is 8.78 Å². The molecule has 0 radical (unpaired) electrons. The van der Waals surface area contributed by atoms with E-state index in [1.165, 1.54) is 23.9 Å². The van der Waals surface area contributed by atoms with Crippen LogP contribution in [0, 0.1) is 17.0 Å². The van der Waals surface area contributed by atoms with Crippen molar-refractivity contribution in [1.82, 2.24) is 0 Å². The highest BCUT2D eigenvalue weighted by molar-refractivity contribution is 8.13. The number of halogens is 2. The Hall–Kier alpha value is -0.900. The van der Waals surface area contributed by atoms with Crippen LogP contribution in [-0.2, 0) is 6.42 Å². The molecule has 0 spiro atoms. The molecule has 0 aliphatic carbocycles. The fourth-order valence-corrected chi connectivity index (χ4v) is 1.21.